The number of pyridine rings is 1. The number of hydrogen-bond acceptors (Lipinski definition) is 5. The second-order valence-electron chi connectivity index (χ2n) is 6.66. The van der Waals surface area contributed by atoms with E-state index < -0.39 is 17.4 Å². The highest BCUT2D eigenvalue weighted by Gasteiger charge is 2.26. The fourth-order valence-corrected chi connectivity index (χ4v) is 3.28. The molecule has 1 heterocycles. The Bertz CT molecular complexity index is 989. The van der Waals surface area contributed by atoms with Gasteiger partial charge < -0.3 is 10.1 Å². The Morgan fingerprint density at radius 1 is 1.14 bits per heavy atom. The Kier molecular flexibility index (Phi) is 5.73. The third-order valence-corrected chi connectivity index (χ3v) is 4.66. The fraction of sp³-hybridized carbons (Fsp3) is 0.333. The zero-order valence-corrected chi connectivity index (χ0v) is 15.9. The standard InChI is InChI=1S/C21H22N2O5/c1-3-28-19(25)12-22-20(26)16-11-15-17(5-4-6-18(15)24)23(21(16)27)14-9-7-13(2)8-10-14/h7-11H,3-6,12H2,1-2H3,(H,22,26). The topological polar surface area (TPSA) is 94.5 Å². The average molecular weight is 382 g/mol. The molecule has 0 spiro atoms. The van der Waals surface area contributed by atoms with Gasteiger partial charge in [-0.1, -0.05) is 17.7 Å². The largest absolute Gasteiger partial charge is 0.465 e. The molecule has 1 aliphatic rings. The summed E-state index contributed by atoms with van der Waals surface area (Å²) in [7, 11) is 0. The molecule has 0 aliphatic heterocycles. The number of aromatic nitrogens is 1. The van der Waals surface area contributed by atoms with Crippen LogP contribution in [0.5, 0.6) is 0 Å². The third kappa shape index (κ3) is 3.88. The zero-order valence-electron chi connectivity index (χ0n) is 15.9. The highest BCUT2D eigenvalue weighted by atomic mass is 16.5. The summed E-state index contributed by atoms with van der Waals surface area (Å²) in [5.74, 6) is -1.40. The van der Waals surface area contributed by atoms with E-state index in [1.54, 1.807) is 19.1 Å². The Labute approximate surface area is 162 Å². The Balaban J connectivity index is 2.08. The number of aryl methyl sites for hydroxylation is 1. The van der Waals surface area contributed by atoms with Crippen molar-refractivity contribution in [3.8, 4) is 5.69 Å². The summed E-state index contributed by atoms with van der Waals surface area (Å²) >= 11 is 0. The van der Waals surface area contributed by atoms with Gasteiger partial charge in [0.2, 0.25) is 0 Å². The lowest BCUT2D eigenvalue weighted by molar-refractivity contribution is -0.141. The van der Waals surface area contributed by atoms with Crippen molar-refractivity contribution in [3.63, 3.8) is 0 Å². The van der Waals surface area contributed by atoms with Crippen molar-refractivity contribution in [3.05, 3.63) is 63.1 Å². The van der Waals surface area contributed by atoms with E-state index in [1.165, 1.54) is 10.6 Å². The molecule has 3 rings (SSSR count). The maximum Gasteiger partial charge on any atom is 0.325 e. The molecule has 0 saturated heterocycles. The lowest BCUT2D eigenvalue weighted by Crippen LogP contribution is -2.38. The molecule has 1 N–H and O–H groups in total. The molecule has 1 aliphatic carbocycles. The van der Waals surface area contributed by atoms with Gasteiger partial charge >= 0.3 is 5.97 Å². The number of rotatable bonds is 5. The summed E-state index contributed by atoms with van der Waals surface area (Å²) in [6.07, 6.45) is 1.61. The highest BCUT2D eigenvalue weighted by molar-refractivity contribution is 6.02. The van der Waals surface area contributed by atoms with Gasteiger partial charge in [0, 0.05) is 23.4 Å². The number of hydrogen-bond donors (Lipinski definition) is 1. The first-order chi connectivity index (χ1) is 13.4. The number of nitrogens with one attached hydrogen (secondary N) is 1. The van der Waals surface area contributed by atoms with Crippen LogP contribution in [0.1, 0.15) is 51.7 Å². The second kappa shape index (κ2) is 8.21. The zero-order chi connectivity index (χ0) is 20.3. The summed E-state index contributed by atoms with van der Waals surface area (Å²) in [5, 5.41) is 2.40. The number of carbonyl (C=O) groups is 3. The molecule has 2 aromatic rings. The van der Waals surface area contributed by atoms with Gasteiger partial charge in [-0.05, 0) is 44.9 Å². The molecule has 0 radical (unpaired) electrons. The quantitative estimate of drug-likeness (QED) is 0.798. The molecule has 146 valence electrons. The number of ether oxygens (including phenoxy) is 1. The molecule has 0 atom stereocenters. The molecule has 1 aromatic carbocycles. The minimum absolute atomic E-state index is 0.0958. The van der Waals surface area contributed by atoms with Crippen molar-refractivity contribution in [1.29, 1.82) is 0 Å². The van der Waals surface area contributed by atoms with E-state index in [-0.39, 0.29) is 24.5 Å². The SMILES string of the molecule is CCOC(=O)CNC(=O)c1cc2c(n(-c3ccc(C)cc3)c1=O)CCCC2=O. The van der Waals surface area contributed by atoms with Crippen LogP contribution in [0, 0.1) is 6.92 Å². The van der Waals surface area contributed by atoms with Crippen LogP contribution in [0.15, 0.2) is 35.1 Å². The van der Waals surface area contributed by atoms with E-state index in [9.17, 15) is 19.2 Å². The van der Waals surface area contributed by atoms with Gasteiger partial charge in [0.05, 0.1) is 6.61 Å². The lowest BCUT2D eigenvalue weighted by Gasteiger charge is -2.21. The van der Waals surface area contributed by atoms with Crippen LogP contribution in [0.3, 0.4) is 0 Å². The molecule has 0 unspecified atom stereocenters. The molecule has 1 aromatic heterocycles. The van der Waals surface area contributed by atoms with Crippen LogP contribution in [-0.2, 0) is 16.0 Å². The molecular weight excluding hydrogens is 360 g/mol. The fourth-order valence-electron chi connectivity index (χ4n) is 3.28. The normalized spacial score (nSPS) is 13.0. The summed E-state index contributed by atoms with van der Waals surface area (Å²) in [6.45, 7) is 3.45. The molecule has 0 fully saturated rings. The number of nitrogens with zero attached hydrogens (tertiary/aromatic N) is 1. The lowest BCUT2D eigenvalue weighted by atomic mass is 9.92. The smallest absolute Gasteiger partial charge is 0.325 e. The molecule has 1 amide bonds. The monoisotopic (exact) mass is 382 g/mol. The van der Waals surface area contributed by atoms with Crippen molar-refractivity contribution in [2.24, 2.45) is 0 Å². The van der Waals surface area contributed by atoms with Crippen LogP contribution in [-0.4, -0.2) is 35.4 Å². The first-order valence-electron chi connectivity index (χ1n) is 9.25. The number of carbonyl (C=O) groups excluding carboxylic acids is 3. The van der Waals surface area contributed by atoms with Crippen LogP contribution in [0.4, 0.5) is 0 Å². The van der Waals surface area contributed by atoms with Crippen LogP contribution in [0.25, 0.3) is 5.69 Å². The summed E-state index contributed by atoms with van der Waals surface area (Å²) in [5.41, 5.74) is 1.95. The van der Waals surface area contributed by atoms with Gasteiger partial charge in [-0.2, -0.15) is 0 Å². The van der Waals surface area contributed by atoms with Crippen molar-refractivity contribution in [2.45, 2.75) is 33.1 Å². The van der Waals surface area contributed by atoms with Crippen molar-refractivity contribution < 1.29 is 19.1 Å². The van der Waals surface area contributed by atoms with E-state index >= 15 is 0 Å². The predicted octanol–water partition coefficient (Wildman–Crippen LogP) is 1.96. The first kappa shape index (κ1) is 19.5. The number of fused-ring (bicyclic) bond motifs is 1. The number of ketones is 1. The van der Waals surface area contributed by atoms with Gasteiger partial charge in [0.25, 0.3) is 11.5 Å². The summed E-state index contributed by atoms with van der Waals surface area (Å²) < 4.78 is 6.21. The van der Waals surface area contributed by atoms with E-state index in [0.717, 1.165) is 5.56 Å². The highest BCUT2D eigenvalue weighted by Crippen LogP contribution is 2.23. The van der Waals surface area contributed by atoms with Crippen LogP contribution < -0.4 is 10.9 Å². The Morgan fingerprint density at radius 3 is 2.54 bits per heavy atom. The predicted molar refractivity (Wildman–Crippen MR) is 103 cm³/mol. The van der Waals surface area contributed by atoms with E-state index in [2.05, 4.69) is 5.32 Å². The first-order valence-corrected chi connectivity index (χ1v) is 9.25. The Morgan fingerprint density at radius 2 is 1.86 bits per heavy atom. The summed E-state index contributed by atoms with van der Waals surface area (Å²) in [4.78, 5) is 49.6. The molecule has 7 heteroatoms. The summed E-state index contributed by atoms with van der Waals surface area (Å²) in [6, 6.07) is 8.66. The minimum Gasteiger partial charge on any atom is -0.465 e. The number of Topliss-reactive ketones (excluding diaryl/α,β-unsaturated/α-hetero) is 1. The van der Waals surface area contributed by atoms with E-state index in [1.807, 2.05) is 19.1 Å². The maximum absolute atomic E-state index is 13.1. The molecule has 7 nitrogen and oxygen atoms in total. The van der Waals surface area contributed by atoms with Crippen molar-refractivity contribution >= 4 is 17.7 Å². The van der Waals surface area contributed by atoms with E-state index in [4.69, 9.17) is 4.74 Å². The van der Waals surface area contributed by atoms with Gasteiger partial charge in [-0.15, -0.1) is 0 Å². The molecule has 0 saturated carbocycles. The van der Waals surface area contributed by atoms with Crippen molar-refractivity contribution in [1.82, 2.24) is 9.88 Å². The Hall–Kier alpha value is -3.22. The number of amides is 1. The molecular formula is C21H22N2O5. The van der Waals surface area contributed by atoms with Crippen molar-refractivity contribution in [2.75, 3.05) is 13.2 Å². The van der Waals surface area contributed by atoms with Gasteiger partial charge in [-0.25, -0.2) is 0 Å². The van der Waals surface area contributed by atoms with E-state index in [0.29, 0.717) is 36.2 Å². The number of esters is 1. The molecule has 28 heavy (non-hydrogen) atoms. The third-order valence-electron chi connectivity index (χ3n) is 4.66. The second-order valence-corrected chi connectivity index (χ2v) is 6.66. The number of benzene rings is 1. The maximum atomic E-state index is 13.1. The molecule has 0 bridgehead atoms. The average Bonchev–Trinajstić information content (AvgIpc) is 2.67. The van der Waals surface area contributed by atoms with Gasteiger partial charge in [-0.3, -0.25) is 23.7 Å². The van der Waals surface area contributed by atoms with Gasteiger partial charge in [0.1, 0.15) is 12.1 Å². The van der Waals surface area contributed by atoms with Gasteiger partial charge in [0.15, 0.2) is 5.78 Å². The van der Waals surface area contributed by atoms with Crippen LogP contribution >= 0.6 is 0 Å². The minimum atomic E-state index is -0.708. The van der Waals surface area contributed by atoms with Crippen LogP contribution in [0.2, 0.25) is 0 Å².